The van der Waals surface area contributed by atoms with Gasteiger partial charge in [0, 0.05) is 24.6 Å². The SMILES string of the molecule is CN(C(=O)C=Cc1ccccc1)C(=O)NC(C(=O)NC1C(=O)N2C(C(=O)[O-])=C(CSc3ncn[nH]3)CS[C@@H]12)c1ccccc1.[Na+]. The molecular weight excluding hydrogens is 629 g/mol. The van der Waals surface area contributed by atoms with Gasteiger partial charge in [-0.3, -0.25) is 29.3 Å². The Kier molecular flexibility index (Phi) is 11.6. The van der Waals surface area contributed by atoms with Crippen LogP contribution < -0.4 is 45.3 Å². The van der Waals surface area contributed by atoms with Gasteiger partial charge in [-0.05, 0) is 22.8 Å². The third-order valence-corrected chi connectivity index (χ3v) is 9.13. The van der Waals surface area contributed by atoms with Gasteiger partial charge in [-0.1, -0.05) is 72.4 Å². The van der Waals surface area contributed by atoms with Gasteiger partial charge < -0.3 is 20.5 Å². The van der Waals surface area contributed by atoms with Crippen molar-refractivity contribution in [3.05, 3.63) is 95.5 Å². The molecule has 2 aromatic carbocycles. The normalized spacial score (nSPS) is 17.9. The van der Waals surface area contributed by atoms with E-state index in [4.69, 9.17) is 0 Å². The summed E-state index contributed by atoms with van der Waals surface area (Å²) in [6.07, 6.45) is 4.14. The van der Waals surface area contributed by atoms with Crippen molar-refractivity contribution in [3.8, 4) is 0 Å². The van der Waals surface area contributed by atoms with E-state index in [1.807, 2.05) is 18.2 Å². The number of β-lactam (4-membered cyclic amide) rings is 1. The monoisotopic (exact) mass is 655 g/mol. The van der Waals surface area contributed by atoms with Crippen LogP contribution in [0, 0.1) is 0 Å². The van der Waals surface area contributed by atoms with Crippen molar-refractivity contribution < 1.29 is 58.6 Å². The van der Waals surface area contributed by atoms with Gasteiger partial charge in [-0.25, -0.2) is 9.78 Å². The van der Waals surface area contributed by atoms with Crippen LogP contribution in [0.4, 0.5) is 4.79 Å². The van der Waals surface area contributed by atoms with Crippen LogP contribution in [0.3, 0.4) is 0 Å². The Labute approximate surface area is 288 Å². The molecule has 5 amide bonds. The minimum Gasteiger partial charge on any atom is -0.543 e. The predicted molar refractivity (Wildman–Crippen MR) is 160 cm³/mol. The van der Waals surface area contributed by atoms with Crippen molar-refractivity contribution in [1.29, 1.82) is 0 Å². The van der Waals surface area contributed by atoms with E-state index < -0.39 is 47.2 Å². The number of aliphatic carboxylic acids is 1. The topological polar surface area (TPSA) is 181 Å². The number of likely N-dealkylation sites (N-methyl/N-ethyl adjacent to an activating group) is 1. The number of aromatic amines is 1. The molecule has 2 unspecified atom stereocenters. The molecule has 0 saturated carbocycles. The Bertz CT molecular complexity index is 1620. The van der Waals surface area contributed by atoms with Gasteiger partial charge in [0.15, 0.2) is 5.16 Å². The molecule has 3 atom stereocenters. The quantitative estimate of drug-likeness (QED) is 0.0951. The summed E-state index contributed by atoms with van der Waals surface area (Å²) < 4.78 is 0. The Morgan fingerprint density at radius 3 is 2.49 bits per heavy atom. The fraction of sp³-hybridized carbons (Fsp3) is 0.207. The number of thioether (sulfide) groups is 2. The summed E-state index contributed by atoms with van der Waals surface area (Å²) in [5.74, 6) is -2.89. The molecule has 13 nitrogen and oxygen atoms in total. The number of rotatable bonds is 10. The van der Waals surface area contributed by atoms with Gasteiger partial charge in [0.25, 0.3) is 11.8 Å². The zero-order valence-corrected chi connectivity index (χ0v) is 27.8. The van der Waals surface area contributed by atoms with Gasteiger partial charge in [0.2, 0.25) is 5.91 Å². The first-order valence-electron chi connectivity index (χ1n) is 13.3. The average Bonchev–Trinajstić information content (AvgIpc) is 3.57. The second kappa shape index (κ2) is 15.4. The zero-order chi connectivity index (χ0) is 31.2. The van der Waals surface area contributed by atoms with Gasteiger partial charge in [0.1, 0.15) is 23.8 Å². The standard InChI is InChI=1S/C29H27N7O6S2.Na/c1-35(20(37)13-12-17-8-4-2-5-9-17)29(42)33-21(18-10-6-3-7-11-18)24(38)32-22-25(39)36-23(27(40)41)19(14-43-26(22)36)15-44-28-30-16-31-34-28;/h2-13,16,21-22,26H,14-15H2,1H3,(H,32,38)(H,33,42)(H,40,41)(H,30,31,34);/q;+1/p-1/t21?,22?,26-;/m0./s1. The van der Waals surface area contributed by atoms with E-state index in [0.717, 1.165) is 15.4 Å². The number of urea groups is 1. The Morgan fingerprint density at radius 1 is 1.16 bits per heavy atom. The third kappa shape index (κ3) is 7.86. The number of nitrogens with zero attached hydrogens (tertiary/aromatic N) is 4. The summed E-state index contributed by atoms with van der Waals surface area (Å²) >= 11 is 2.54. The van der Waals surface area contributed by atoms with Gasteiger partial charge >= 0.3 is 35.6 Å². The summed E-state index contributed by atoms with van der Waals surface area (Å²) in [5.41, 5.74) is 1.44. The summed E-state index contributed by atoms with van der Waals surface area (Å²) in [6.45, 7) is 0. The number of nitrogens with one attached hydrogen (secondary N) is 3. The zero-order valence-electron chi connectivity index (χ0n) is 24.2. The number of carbonyl (C=O) groups is 5. The molecule has 3 aromatic rings. The summed E-state index contributed by atoms with van der Waals surface area (Å²) in [4.78, 5) is 70.5. The molecule has 0 bridgehead atoms. The second-order valence-corrected chi connectivity index (χ2v) is 11.7. The fourth-order valence-electron chi connectivity index (χ4n) is 4.55. The maximum absolute atomic E-state index is 13.5. The maximum Gasteiger partial charge on any atom is 1.00 e. The van der Waals surface area contributed by atoms with E-state index in [0.29, 0.717) is 16.3 Å². The Hall–Kier alpha value is -3.89. The third-order valence-electron chi connectivity index (χ3n) is 6.83. The number of carbonyl (C=O) groups excluding carboxylic acids is 5. The maximum atomic E-state index is 13.5. The van der Waals surface area contributed by atoms with Crippen molar-refractivity contribution in [2.45, 2.75) is 22.6 Å². The van der Waals surface area contributed by atoms with E-state index in [1.54, 1.807) is 48.5 Å². The van der Waals surface area contributed by atoms with Gasteiger partial charge in [-0.15, -0.1) is 11.8 Å². The van der Waals surface area contributed by atoms with Crippen LogP contribution in [0.5, 0.6) is 0 Å². The number of fused-ring (bicyclic) bond motifs is 1. The smallest absolute Gasteiger partial charge is 0.543 e. The first-order valence-corrected chi connectivity index (χ1v) is 15.3. The van der Waals surface area contributed by atoms with E-state index in [1.165, 1.54) is 43.0 Å². The minimum atomic E-state index is -1.50. The van der Waals surface area contributed by atoms with E-state index in [9.17, 15) is 29.1 Å². The first-order chi connectivity index (χ1) is 21.2. The molecule has 1 fully saturated rings. The van der Waals surface area contributed by atoms with Gasteiger partial charge in [-0.2, -0.15) is 5.10 Å². The predicted octanol–water partition coefficient (Wildman–Crippen LogP) is -2.07. The molecule has 3 heterocycles. The van der Waals surface area contributed by atoms with Crippen molar-refractivity contribution >= 4 is 59.3 Å². The van der Waals surface area contributed by atoms with Crippen LogP contribution in [-0.4, -0.2) is 84.7 Å². The molecule has 2 aliphatic rings. The van der Waals surface area contributed by atoms with E-state index >= 15 is 0 Å². The fourth-order valence-corrected chi connectivity index (χ4v) is 6.81. The number of benzene rings is 2. The first kappa shape index (κ1) is 34.0. The molecule has 1 saturated heterocycles. The number of H-pyrrole nitrogens is 1. The van der Waals surface area contributed by atoms with E-state index in [-0.39, 0.29) is 46.8 Å². The number of aromatic nitrogens is 3. The van der Waals surface area contributed by atoms with E-state index in [2.05, 4.69) is 25.8 Å². The molecule has 0 spiro atoms. The summed E-state index contributed by atoms with van der Waals surface area (Å²) in [7, 11) is 1.28. The summed E-state index contributed by atoms with van der Waals surface area (Å²) in [5, 5.41) is 23.6. The number of imide groups is 1. The number of hydrogen-bond acceptors (Lipinski definition) is 10. The Balaban J connectivity index is 0.00000461. The van der Waals surface area contributed by atoms with Crippen molar-refractivity contribution in [2.24, 2.45) is 0 Å². The molecule has 2 aliphatic heterocycles. The molecule has 226 valence electrons. The molecule has 1 aromatic heterocycles. The molecule has 0 aliphatic carbocycles. The number of amides is 5. The van der Waals surface area contributed by atoms with Crippen LogP contribution >= 0.6 is 23.5 Å². The van der Waals surface area contributed by atoms with Gasteiger partial charge in [0.05, 0.1) is 11.7 Å². The molecule has 16 heteroatoms. The van der Waals surface area contributed by atoms with Crippen LogP contribution in [0.15, 0.2) is 89.5 Å². The minimum absolute atomic E-state index is 0. The van der Waals surface area contributed by atoms with Crippen molar-refractivity contribution in [1.82, 2.24) is 35.6 Å². The Morgan fingerprint density at radius 2 is 1.84 bits per heavy atom. The van der Waals surface area contributed by atoms with Crippen LogP contribution in [0.2, 0.25) is 0 Å². The number of hydrogen-bond donors (Lipinski definition) is 3. The second-order valence-electron chi connectivity index (χ2n) is 9.65. The number of carboxylic acid groups (broad SMARTS) is 1. The van der Waals surface area contributed by atoms with Crippen LogP contribution in [-0.2, 0) is 19.2 Å². The average molecular weight is 656 g/mol. The molecule has 3 N–H and O–H groups in total. The molecule has 0 radical (unpaired) electrons. The van der Waals surface area contributed by atoms with Crippen LogP contribution in [0.25, 0.3) is 6.08 Å². The van der Waals surface area contributed by atoms with Crippen LogP contribution in [0.1, 0.15) is 17.2 Å². The number of carboxylic acids is 1. The largest absolute Gasteiger partial charge is 1.00 e. The summed E-state index contributed by atoms with van der Waals surface area (Å²) in [6, 6.07) is 14.3. The van der Waals surface area contributed by atoms with Crippen molar-refractivity contribution in [3.63, 3.8) is 0 Å². The molecule has 5 rings (SSSR count). The van der Waals surface area contributed by atoms with Crippen molar-refractivity contribution in [2.75, 3.05) is 18.6 Å². The molecular formula is C29H26N7NaO6S2. The molecule has 45 heavy (non-hydrogen) atoms.